The van der Waals surface area contributed by atoms with Crippen molar-refractivity contribution >= 4 is 28.2 Å². The van der Waals surface area contributed by atoms with E-state index in [1.165, 1.54) is 24.0 Å². The van der Waals surface area contributed by atoms with Crippen molar-refractivity contribution in [2.45, 2.75) is 44.4 Å². The number of thiophene rings is 1. The standard InChI is InChI=1S/C21H23NO3S/c1-25-21(24)18-14-10-6-3-7-11-17(14)26-20(18)22-19(23)16-12-15(16)13-8-4-2-5-9-13/h2,4-5,8-9,15-16H,3,6-7,10-12H2,1H3,(H,22,23)/t15-,16+/m0/s1. The van der Waals surface area contributed by atoms with Gasteiger partial charge in [0, 0.05) is 10.8 Å². The lowest BCUT2D eigenvalue weighted by atomic mass is 10.1. The normalized spacial score (nSPS) is 21.4. The van der Waals surface area contributed by atoms with Crippen LogP contribution in [0.3, 0.4) is 0 Å². The Morgan fingerprint density at radius 1 is 1.12 bits per heavy atom. The van der Waals surface area contributed by atoms with Crippen molar-refractivity contribution in [1.29, 1.82) is 0 Å². The lowest BCUT2D eigenvalue weighted by Gasteiger charge is -2.07. The molecule has 0 bridgehead atoms. The minimum atomic E-state index is -0.338. The molecule has 1 saturated carbocycles. The van der Waals surface area contributed by atoms with E-state index in [9.17, 15) is 9.59 Å². The van der Waals surface area contributed by atoms with Crippen LogP contribution in [0.5, 0.6) is 0 Å². The first-order valence-corrected chi connectivity index (χ1v) is 10.1. The Hall–Kier alpha value is -2.14. The summed E-state index contributed by atoms with van der Waals surface area (Å²) >= 11 is 1.56. The summed E-state index contributed by atoms with van der Waals surface area (Å²) in [4.78, 5) is 26.3. The predicted octanol–water partition coefficient (Wildman–Crippen LogP) is 4.55. The van der Waals surface area contributed by atoms with Crippen molar-refractivity contribution < 1.29 is 14.3 Å². The largest absolute Gasteiger partial charge is 0.465 e. The number of methoxy groups -OCH3 is 1. The van der Waals surface area contributed by atoms with Crippen molar-refractivity contribution in [2.24, 2.45) is 5.92 Å². The van der Waals surface area contributed by atoms with E-state index < -0.39 is 0 Å². The molecule has 0 unspecified atom stereocenters. The van der Waals surface area contributed by atoms with Gasteiger partial charge in [-0.2, -0.15) is 0 Å². The molecule has 0 saturated heterocycles. The van der Waals surface area contributed by atoms with E-state index in [1.54, 1.807) is 11.3 Å². The zero-order valence-corrected chi connectivity index (χ0v) is 15.7. The summed E-state index contributed by atoms with van der Waals surface area (Å²) in [6.45, 7) is 0. The number of carbonyl (C=O) groups excluding carboxylic acids is 2. The molecule has 0 radical (unpaired) electrons. The number of benzene rings is 1. The molecule has 1 heterocycles. The lowest BCUT2D eigenvalue weighted by molar-refractivity contribution is -0.117. The molecule has 1 aromatic heterocycles. The number of fused-ring (bicyclic) bond motifs is 1. The monoisotopic (exact) mass is 369 g/mol. The topological polar surface area (TPSA) is 55.4 Å². The fraction of sp³-hybridized carbons (Fsp3) is 0.429. The summed E-state index contributed by atoms with van der Waals surface area (Å²) < 4.78 is 5.01. The highest BCUT2D eigenvalue weighted by atomic mass is 32.1. The lowest BCUT2D eigenvalue weighted by Crippen LogP contribution is -2.16. The molecule has 2 aliphatic rings. The summed E-state index contributed by atoms with van der Waals surface area (Å²) in [6, 6.07) is 10.2. The highest BCUT2D eigenvalue weighted by molar-refractivity contribution is 7.17. The third kappa shape index (κ3) is 3.28. The van der Waals surface area contributed by atoms with Crippen LogP contribution in [-0.4, -0.2) is 19.0 Å². The molecule has 5 heteroatoms. The van der Waals surface area contributed by atoms with E-state index in [0.29, 0.717) is 10.6 Å². The van der Waals surface area contributed by atoms with Crippen LogP contribution in [0.15, 0.2) is 30.3 Å². The minimum absolute atomic E-state index is 0.00944. The number of carbonyl (C=O) groups is 2. The maximum absolute atomic E-state index is 12.7. The molecular formula is C21H23NO3S. The average Bonchev–Trinajstić information content (AvgIpc) is 3.43. The maximum Gasteiger partial charge on any atom is 0.341 e. The summed E-state index contributed by atoms with van der Waals surface area (Å²) in [6.07, 6.45) is 6.15. The number of esters is 1. The molecular weight excluding hydrogens is 346 g/mol. The Balaban J connectivity index is 1.55. The number of nitrogens with one attached hydrogen (secondary N) is 1. The van der Waals surface area contributed by atoms with Gasteiger partial charge in [-0.3, -0.25) is 4.79 Å². The zero-order valence-electron chi connectivity index (χ0n) is 14.9. The molecule has 0 aliphatic heterocycles. The first-order chi connectivity index (χ1) is 12.7. The number of hydrogen-bond acceptors (Lipinski definition) is 4. The molecule has 2 aliphatic carbocycles. The van der Waals surface area contributed by atoms with E-state index >= 15 is 0 Å². The maximum atomic E-state index is 12.7. The number of anilines is 1. The first-order valence-electron chi connectivity index (χ1n) is 9.27. The Morgan fingerprint density at radius 2 is 1.88 bits per heavy atom. The fourth-order valence-corrected chi connectivity index (χ4v) is 5.19. The van der Waals surface area contributed by atoms with Gasteiger partial charge in [-0.15, -0.1) is 11.3 Å². The van der Waals surface area contributed by atoms with Crippen LogP contribution >= 0.6 is 11.3 Å². The SMILES string of the molecule is COC(=O)c1c(NC(=O)[C@@H]2C[C@H]2c2ccccc2)sc2c1CCCCC2. The average molecular weight is 369 g/mol. The third-order valence-electron chi connectivity index (χ3n) is 5.40. The van der Waals surface area contributed by atoms with Gasteiger partial charge in [0.1, 0.15) is 5.00 Å². The molecule has 2 atom stereocenters. The highest BCUT2D eigenvalue weighted by Gasteiger charge is 2.44. The molecule has 1 fully saturated rings. The predicted molar refractivity (Wildman–Crippen MR) is 103 cm³/mol. The van der Waals surface area contributed by atoms with Gasteiger partial charge >= 0.3 is 5.97 Å². The van der Waals surface area contributed by atoms with Crippen molar-refractivity contribution in [1.82, 2.24) is 0 Å². The summed E-state index contributed by atoms with van der Waals surface area (Å²) in [7, 11) is 1.40. The molecule has 136 valence electrons. The van der Waals surface area contributed by atoms with Gasteiger partial charge in [0.05, 0.1) is 12.7 Å². The highest BCUT2D eigenvalue weighted by Crippen LogP contribution is 2.48. The molecule has 26 heavy (non-hydrogen) atoms. The smallest absolute Gasteiger partial charge is 0.341 e. The second-order valence-electron chi connectivity index (χ2n) is 7.11. The minimum Gasteiger partial charge on any atom is -0.465 e. The second kappa shape index (κ2) is 7.23. The van der Waals surface area contributed by atoms with Crippen LogP contribution in [-0.2, 0) is 22.4 Å². The Kier molecular flexibility index (Phi) is 4.81. The number of rotatable bonds is 4. The van der Waals surface area contributed by atoms with Gasteiger partial charge in [-0.1, -0.05) is 36.8 Å². The van der Waals surface area contributed by atoms with E-state index in [-0.39, 0.29) is 23.7 Å². The number of amides is 1. The van der Waals surface area contributed by atoms with Crippen molar-refractivity contribution in [2.75, 3.05) is 12.4 Å². The Bertz CT molecular complexity index is 827. The molecule has 4 nitrogen and oxygen atoms in total. The molecule has 0 spiro atoms. The van der Waals surface area contributed by atoms with Gasteiger partial charge in [-0.25, -0.2) is 4.79 Å². The van der Waals surface area contributed by atoms with Gasteiger partial charge < -0.3 is 10.1 Å². The van der Waals surface area contributed by atoms with Crippen LogP contribution in [0.25, 0.3) is 0 Å². The van der Waals surface area contributed by atoms with Crippen molar-refractivity contribution in [3.63, 3.8) is 0 Å². The quantitative estimate of drug-likeness (QED) is 0.636. The van der Waals surface area contributed by atoms with Gasteiger partial charge in [-0.05, 0) is 49.1 Å². The summed E-state index contributed by atoms with van der Waals surface area (Å²) in [5, 5.41) is 3.72. The molecule has 1 N–H and O–H groups in total. The van der Waals surface area contributed by atoms with E-state index in [4.69, 9.17) is 4.74 Å². The molecule has 4 rings (SSSR count). The summed E-state index contributed by atoms with van der Waals surface area (Å²) in [5.41, 5.74) is 2.88. The van der Waals surface area contributed by atoms with E-state index in [1.807, 2.05) is 18.2 Å². The fourth-order valence-electron chi connectivity index (χ4n) is 3.91. The molecule has 1 amide bonds. The van der Waals surface area contributed by atoms with Crippen molar-refractivity contribution in [3.8, 4) is 0 Å². The van der Waals surface area contributed by atoms with Gasteiger partial charge in [0.25, 0.3) is 0 Å². The third-order valence-corrected chi connectivity index (χ3v) is 6.61. The van der Waals surface area contributed by atoms with Crippen LogP contribution in [0, 0.1) is 5.92 Å². The van der Waals surface area contributed by atoms with Crippen molar-refractivity contribution in [3.05, 3.63) is 51.9 Å². The number of hydrogen-bond donors (Lipinski definition) is 1. The van der Waals surface area contributed by atoms with Crippen LogP contribution in [0.4, 0.5) is 5.00 Å². The second-order valence-corrected chi connectivity index (χ2v) is 8.21. The number of aryl methyl sites for hydroxylation is 1. The van der Waals surface area contributed by atoms with Crippen LogP contribution < -0.4 is 5.32 Å². The molecule has 2 aromatic rings. The molecule has 1 aromatic carbocycles. The van der Waals surface area contributed by atoms with Crippen LogP contribution in [0.2, 0.25) is 0 Å². The summed E-state index contributed by atoms with van der Waals surface area (Å²) in [5.74, 6) is -0.0455. The zero-order chi connectivity index (χ0) is 18.1. The Morgan fingerprint density at radius 3 is 2.65 bits per heavy atom. The van der Waals surface area contributed by atoms with Gasteiger partial charge in [0.15, 0.2) is 0 Å². The Labute approximate surface area is 157 Å². The number of ether oxygens (including phenoxy) is 1. The van der Waals surface area contributed by atoms with E-state index in [0.717, 1.165) is 37.7 Å². The first kappa shape index (κ1) is 17.3. The van der Waals surface area contributed by atoms with Gasteiger partial charge in [0.2, 0.25) is 5.91 Å². The van der Waals surface area contributed by atoms with Crippen LogP contribution in [0.1, 0.15) is 58.0 Å². The van der Waals surface area contributed by atoms with E-state index in [2.05, 4.69) is 17.4 Å².